The molecular weight excluding hydrogens is 298 g/mol. The first-order chi connectivity index (χ1) is 11.1. The average Bonchev–Trinajstić information content (AvgIpc) is 2.78. The van der Waals surface area contributed by atoms with Gasteiger partial charge in [-0.05, 0) is 30.0 Å². The van der Waals surface area contributed by atoms with Gasteiger partial charge in [0.05, 0.1) is 0 Å². The highest BCUT2D eigenvalue weighted by Gasteiger charge is 2.56. The van der Waals surface area contributed by atoms with E-state index in [1.54, 1.807) is 24.3 Å². The molecule has 1 aliphatic rings. The normalized spacial score (nSPS) is 24.6. The molecular formula is C19H18F2O2. The third-order valence-corrected chi connectivity index (χ3v) is 3.99. The molecule has 4 heteroatoms. The van der Waals surface area contributed by atoms with E-state index in [1.807, 2.05) is 36.4 Å². The Bertz CT molecular complexity index is 668. The first-order valence-corrected chi connectivity index (χ1v) is 7.60. The number of rotatable bonds is 4. The molecule has 1 fully saturated rings. The number of benzene rings is 2. The maximum absolute atomic E-state index is 14.2. The second-order valence-electron chi connectivity index (χ2n) is 5.67. The summed E-state index contributed by atoms with van der Waals surface area (Å²) in [6.45, 7) is 0. The van der Waals surface area contributed by atoms with E-state index in [0.29, 0.717) is 6.42 Å². The summed E-state index contributed by atoms with van der Waals surface area (Å²) >= 11 is 0. The van der Waals surface area contributed by atoms with E-state index in [2.05, 4.69) is 0 Å². The highest BCUT2D eigenvalue weighted by Crippen LogP contribution is 2.41. The van der Waals surface area contributed by atoms with Crippen molar-refractivity contribution in [3.05, 3.63) is 77.5 Å². The minimum atomic E-state index is -3.28. The van der Waals surface area contributed by atoms with Gasteiger partial charge in [-0.3, -0.25) is 0 Å². The first-order valence-electron chi connectivity index (χ1n) is 7.60. The van der Waals surface area contributed by atoms with E-state index < -0.39 is 18.1 Å². The fourth-order valence-electron chi connectivity index (χ4n) is 2.69. The Labute approximate surface area is 134 Å². The van der Waals surface area contributed by atoms with Crippen LogP contribution >= 0.6 is 0 Å². The largest absolute Gasteiger partial charge is 0.485 e. The predicted octanol–water partition coefficient (Wildman–Crippen LogP) is 4.06. The Kier molecular flexibility index (Phi) is 4.44. The zero-order chi connectivity index (χ0) is 16.3. The number of alkyl halides is 2. The van der Waals surface area contributed by atoms with Crippen molar-refractivity contribution in [3.63, 3.8) is 0 Å². The summed E-state index contributed by atoms with van der Waals surface area (Å²) in [5.74, 6) is -3.35. The van der Waals surface area contributed by atoms with Crippen molar-refractivity contribution >= 4 is 6.08 Å². The highest BCUT2D eigenvalue weighted by atomic mass is 19.3. The van der Waals surface area contributed by atoms with E-state index in [0.717, 1.165) is 11.1 Å². The van der Waals surface area contributed by atoms with Gasteiger partial charge in [-0.15, -0.1) is 0 Å². The Hall–Kier alpha value is -2.20. The SMILES string of the molecule is O[C@H]1/C(=C/c2ccccc2)O[C@@H](CCc2ccccc2)C1(F)F. The monoisotopic (exact) mass is 316 g/mol. The van der Waals surface area contributed by atoms with Crippen LogP contribution in [-0.2, 0) is 11.2 Å². The molecule has 0 saturated carbocycles. The van der Waals surface area contributed by atoms with Crippen LogP contribution in [0.5, 0.6) is 0 Å². The Morgan fingerprint density at radius 2 is 1.61 bits per heavy atom. The van der Waals surface area contributed by atoms with Crippen LogP contribution in [0.3, 0.4) is 0 Å². The zero-order valence-electron chi connectivity index (χ0n) is 12.5. The van der Waals surface area contributed by atoms with Crippen molar-refractivity contribution in [2.75, 3.05) is 0 Å². The molecule has 2 nitrogen and oxygen atoms in total. The van der Waals surface area contributed by atoms with Gasteiger partial charge in [0.25, 0.3) is 0 Å². The standard InChI is InChI=1S/C19H18F2O2/c20-19(21)17(12-11-14-7-3-1-4-8-14)23-16(18(19)22)13-15-9-5-2-6-10-15/h1-10,13,17-18,22H,11-12H2/b16-13-/t17-,18-/m0/s1. The third-order valence-electron chi connectivity index (χ3n) is 3.99. The number of aliphatic hydroxyl groups excluding tert-OH is 1. The summed E-state index contributed by atoms with van der Waals surface area (Å²) in [4.78, 5) is 0. The molecule has 0 bridgehead atoms. The molecule has 2 aromatic rings. The Morgan fingerprint density at radius 3 is 2.26 bits per heavy atom. The first kappa shape index (κ1) is 15.7. The topological polar surface area (TPSA) is 29.5 Å². The fraction of sp³-hybridized carbons (Fsp3) is 0.263. The molecule has 0 aliphatic carbocycles. The van der Waals surface area contributed by atoms with Crippen LogP contribution in [-0.4, -0.2) is 23.2 Å². The molecule has 0 amide bonds. The number of hydrogen-bond acceptors (Lipinski definition) is 2. The van der Waals surface area contributed by atoms with Crippen LogP contribution in [0.15, 0.2) is 66.4 Å². The van der Waals surface area contributed by atoms with Crippen molar-refractivity contribution in [1.82, 2.24) is 0 Å². The van der Waals surface area contributed by atoms with E-state index >= 15 is 0 Å². The van der Waals surface area contributed by atoms with Crippen molar-refractivity contribution in [1.29, 1.82) is 0 Å². The zero-order valence-corrected chi connectivity index (χ0v) is 12.5. The summed E-state index contributed by atoms with van der Waals surface area (Å²) in [6.07, 6.45) is -1.11. The van der Waals surface area contributed by atoms with Crippen LogP contribution in [0.25, 0.3) is 6.08 Å². The molecule has 0 unspecified atom stereocenters. The smallest absolute Gasteiger partial charge is 0.316 e. The quantitative estimate of drug-likeness (QED) is 0.922. The molecule has 120 valence electrons. The van der Waals surface area contributed by atoms with Crippen molar-refractivity contribution in [2.45, 2.75) is 31.0 Å². The number of aliphatic hydroxyl groups is 1. The van der Waals surface area contributed by atoms with E-state index in [4.69, 9.17) is 4.74 Å². The molecule has 0 radical (unpaired) electrons. The molecule has 2 atom stereocenters. The molecule has 23 heavy (non-hydrogen) atoms. The maximum atomic E-state index is 14.2. The van der Waals surface area contributed by atoms with Crippen LogP contribution in [0.4, 0.5) is 8.78 Å². The number of ether oxygens (including phenoxy) is 1. The minimum Gasteiger partial charge on any atom is -0.485 e. The molecule has 0 aromatic heterocycles. The lowest BCUT2D eigenvalue weighted by molar-refractivity contribution is -0.113. The fourth-order valence-corrected chi connectivity index (χ4v) is 2.69. The summed E-state index contributed by atoms with van der Waals surface area (Å²) in [7, 11) is 0. The summed E-state index contributed by atoms with van der Waals surface area (Å²) < 4.78 is 33.9. The van der Waals surface area contributed by atoms with Crippen molar-refractivity contribution in [2.24, 2.45) is 0 Å². The van der Waals surface area contributed by atoms with Gasteiger partial charge < -0.3 is 9.84 Å². The average molecular weight is 316 g/mol. The Balaban J connectivity index is 1.73. The van der Waals surface area contributed by atoms with E-state index in [1.165, 1.54) is 6.08 Å². The number of halogens is 2. The van der Waals surface area contributed by atoms with Gasteiger partial charge in [-0.1, -0.05) is 60.7 Å². The Morgan fingerprint density at radius 1 is 1.00 bits per heavy atom. The van der Waals surface area contributed by atoms with Gasteiger partial charge in [0, 0.05) is 0 Å². The van der Waals surface area contributed by atoms with Gasteiger partial charge in [-0.2, -0.15) is 8.78 Å². The van der Waals surface area contributed by atoms with Crippen LogP contribution in [0.1, 0.15) is 17.5 Å². The van der Waals surface area contributed by atoms with Gasteiger partial charge in [-0.25, -0.2) is 0 Å². The van der Waals surface area contributed by atoms with Gasteiger partial charge in [0.1, 0.15) is 5.76 Å². The molecule has 1 saturated heterocycles. The summed E-state index contributed by atoms with van der Waals surface area (Å²) in [6, 6.07) is 18.4. The molecule has 3 rings (SSSR count). The van der Waals surface area contributed by atoms with Crippen LogP contribution in [0, 0.1) is 0 Å². The highest BCUT2D eigenvalue weighted by molar-refractivity contribution is 5.53. The number of hydrogen-bond donors (Lipinski definition) is 1. The third kappa shape index (κ3) is 3.42. The molecule has 1 heterocycles. The van der Waals surface area contributed by atoms with Crippen LogP contribution in [0.2, 0.25) is 0 Å². The second kappa shape index (κ2) is 6.50. The minimum absolute atomic E-state index is 0.0701. The van der Waals surface area contributed by atoms with Crippen LogP contribution < -0.4 is 0 Å². The maximum Gasteiger partial charge on any atom is 0.316 e. The molecule has 2 aromatic carbocycles. The molecule has 0 spiro atoms. The van der Waals surface area contributed by atoms with Crippen molar-refractivity contribution < 1.29 is 18.6 Å². The van der Waals surface area contributed by atoms with Gasteiger partial charge in [0.2, 0.25) is 0 Å². The lowest BCUT2D eigenvalue weighted by Crippen LogP contribution is -2.37. The molecule has 1 aliphatic heterocycles. The van der Waals surface area contributed by atoms with Gasteiger partial charge in [0.15, 0.2) is 12.2 Å². The van der Waals surface area contributed by atoms with Crippen molar-refractivity contribution in [3.8, 4) is 0 Å². The second-order valence-corrected chi connectivity index (χ2v) is 5.67. The summed E-state index contributed by atoms with van der Waals surface area (Å²) in [5, 5.41) is 9.90. The van der Waals surface area contributed by atoms with E-state index in [9.17, 15) is 13.9 Å². The van der Waals surface area contributed by atoms with Gasteiger partial charge >= 0.3 is 5.92 Å². The lowest BCUT2D eigenvalue weighted by atomic mass is 10.0. The lowest BCUT2D eigenvalue weighted by Gasteiger charge is -2.18. The predicted molar refractivity (Wildman–Crippen MR) is 85.0 cm³/mol. The van der Waals surface area contributed by atoms with E-state index in [-0.39, 0.29) is 12.2 Å². The molecule has 1 N–H and O–H groups in total. The summed E-state index contributed by atoms with van der Waals surface area (Å²) in [5.41, 5.74) is 1.70. The number of aryl methyl sites for hydroxylation is 1.